The third-order valence-corrected chi connectivity index (χ3v) is 5.55. The molecule has 9 heteroatoms. The largest absolute Gasteiger partial charge is 0.494 e. The van der Waals surface area contributed by atoms with Crippen LogP contribution in [0.1, 0.15) is 36.1 Å². The maximum absolute atomic E-state index is 14.9. The molecule has 7 nitrogen and oxygen atoms in total. The number of anilines is 1. The van der Waals surface area contributed by atoms with E-state index in [-0.39, 0.29) is 23.0 Å². The number of benzene rings is 1. The molecule has 3 N–H and O–H groups in total. The molecule has 0 bridgehead atoms. The minimum Gasteiger partial charge on any atom is -0.494 e. The first-order valence-corrected chi connectivity index (χ1v) is 9.47. The molecule has 0 amide bonds. The molecule has 1 aliphatic carbocycles. The van der Waals surface area contributed by atoms with Crippen LogP contribution in [0.3, 0.4) is 0 Å². The van der Waals surface area contributed by atoms with Gasteiger partial charge in [0, 0.05) is 29.4 Å². The van der Waals surface area contributed by atoms with Gasteiger partial charge in [0.1, 0.15) is 11.4 Å². The molecule has 3 aromatic rings. The van der Waals surface area contributed by atoms with Crippen LogP contribution >= 0.6 is 0 Å². The Balaban J connectivity index is 1.73. The number of nitrogens with one attached hydrogen (secondary N) is 1. The van der Waals surface area contributed by atoms with E-state index in [4.69, 9.17) is 15.2 Å². The number of aryl methyl sites for hydroxylation is 1. The zero-order valence-corrected chi connectivity index (χ0v) is 16.6. The van der Waals surface area contributed by atoms with Gasteiger partial charge in [0.2, 0.25) is 0 Å². The van der Waals surface area contributed by atoms with Gasteiger partial charge in [0.25, 0.3) is 0 Å². The van der Waals surface area contributed by atoms with Crippen LogP contribution in [0.2, 0.25) is 0 Å². The van der Waals surface area contributed by atoms with Gasteiger partial charge < -0.3 is 15.2 Å². The molecule has 0 spiro atoms. The highest BCUT2D eigenvalue weighted by molar-refractivity contribution is 5.73. The highest BCUT2D eigenvalue weighted by Crippen LogP contribution is 2.42. The standard InChI is InChI=1S/C20H23F2N5O2/c1-4-27-20(12(23)9-24-27)19-11-6-5-10(7-13(11)25-26-19)16-17(21)14(28-2)8-15(29-3)18(16)22/h8-10H,4-7,23H2,1-3H3,(H,25,26). The van der Waals surface area contributed by atoms with Gasteiger partial charge in [-0.1, -0.05) is 0 Å². The molecule has 1 aromatic carbocycles. The van der Waals surface area contributed by atoms with Crippen LogP contribution in [0.4, 0.5) is 14.5 Å². The molecule has 2 aromatic heterocycles. The second kappa shape index (κ2) is 7.38. The van der Waals surface area contributed by atoms with Crippen molar-refractivity contribution in [3.05, 3.63) is 40.7 Å². The number of ether oxygens (including phenoxy) is 2. The Morgan fingerprint density at radius 1 is 1.24 bits per heavy atom. The van der Waals surface area contributed by atoms with E-state index in [9.17, 15) is 8.78 Å². The van der Waals surface area contributed by atoms with E-state index in [2.05, 4.69) is 15.3 Å². The van der Waals surface area contributed by atoms with Crippen molar-refractivity contribution in [3.8, 4) is 22.9 Å². The summed E-state index contributed by atoms with van der Waals surface area (Å²) in [5.41, 5.74) is 10.0. The number of rotatable bonds is 5. The number of fused-ring (bicyclic) bond motifs is 1. The molecular formula is C20H23F2N5O2. The zero-order chi connectivity index (χ0) is 20.7. The summed E-state index contributed by atoms with van der Waals surface area (Å²) in [6, 6.07) is 1.23. The van der Waals surface area contributed by atoms with E-state index in [1.165, 1.54) is 20.3 Å². The number of nitrogens with zero attached hydrogens (tertiary/aromatic N) is 3. The van der Waals surface area contributed by atoms with Crippen LogP contribution in [-0.4, -0.2) is 34.2 Å². The van der Waals surface area contributed by atoms with Gasteiger partial charge in [-0.15, -0.1) is 0 Å². The summed E-state index contributed by atoms with van der Waals surface area (Å²) >= 11 is 0. The Morgan fingerprint density at radius 3 is 2.55 bits per heavy atom. The van der Waals surface area contributed by atoms with Gasteiger partial charge in [-0.05, 0) is 32.1 Å². The highest BCUT2D eigenvalue weighted by Gasteiger charge is 2.32. The number of aromatic nitrogens is 4. The van der Waals surface area contributed by atoms with E-state index < -0.39 is 11.6 Å². The van der Waals surface area contributed by atoms with E-state index in [0.29, 0.717) is 31.5 Å². The monoisotopic (exact) mass is 403 g/mol. The molecule has 0 radical (unpaired) electrons. The first-order chi connectivity index (χ1) is 14.0. The lowest BCUT2D eigenvalue weighted by Gasteiger charge is -2.25. The van der Waals surface area contributed by atoms with Crippen molar-refractivity contribution in [2.24, 2.45) is 0 Å². The average molecular weight is 403 g/mol. The first kappa shape index (κ1) is 19.2. The van der Waals surface area contributed by atoms with E-state index in [1.807, 2.05) is 6.92 Å². The van der Waals surface area contributed by atoms with Crippen LogP contribution in [-0.2, 0) is 19.4 Å². The number of halogens is 2. The molecular weight excluding hydrogens is 380 g/mol. The Kier molecular flexibility index (Phi) is 4.89. The van der Waals surface area contributed by atoms with Crippen LogP contribution < -0.4 is 15.2 Å². The molecule has 29 heavy (non-hydrogen) atoms. The van der Waals surface area contributed by atoms with Crippen molar-refractivity contribution in [3.63, 3.8) is 0 Å². The van der Waals surface area contributed by atoms with E-state index >= 15 is 0 Å². The fourth-order valence-corrected chi connectivity index (χ4v) is 4.11. The molecule has 0 aliphatic heterocycles. The summed E-state index contributed by atoms with van der Waals surface area (Å²) in [5.74, 6) is -1.81. The maximum Gasteiger partial charge on any atom is 0.171 e. The Labute approximate surface area is 166 Å². The van der Waals surface area contributed by atoms with Crippen molar-refractivity contribution < 1.29 is 18.3 Å². The molecule has 0 saturated carbocycles. The molecule has 0 saturated heterocycles. The molecule has 1 aliphatic rings. The molecule has 2 heterocycles. The van der Waals surface area contributed by atoms with Gasteiger partial charge in [-0.25, -0.2) is 8.78 Å². The van der Waals surface area contributed by atoms with Crippen molar-refractivity contribution >= 4 is 5.69 Å². The van der Waals surface area contributed by atoms with Crippen LogP contribution in [0.25, 0.3) is 11.4 Å². The lowest BCUT2D eigenvalue weighted by molar-refractivity contribution is 0.347. The van der Waals surface area contributed by atoms with Crippen molar-refractivity contribution in [1.29, 1.82) is 0 Å². The predicted octanol–water partition coefficient (Wildman–Crippen LogP) is 3.44. The van der Waals surface area contributed by atoms with Crippen molar-refractivity contribution in [2.45, 2.75) is 38.6 Å². The van der Waals surface area contributed by atoms with Gasteiger partial charge in [0.05, 0.1) is 26.1 Å². The molecule has 0 fully saturated rings. The summed E-state index contributed by atoms with van der Waals surface area (Å²) in [4.78, 5) is 0. The predicted molar refractivity (Wildman–Crippen MR) is 104 cm³/mol. The Morgan fingerprint density at radius 2 is 1.93 bits per heavy atom. The third kappa shape index (κ3) is 3.01. The molecule has 1 atom stereocenters. The SMILES string of the molecule is CCn1ncc(N)c1-c1n[nH]c2c1CCC(c1c(F)c(OC)cc(OC)c1F)C2. The first-order valence-electron chi connectivity index (χ1n) is 9.47. The van der Waals surface area contributed by atoms with Crippen molar-refractivity contribution in [1.82, 2.24) is 20.0 Å². The minimum atomic E-state index is -0.688. The van der Waals surface area contributed by atoms with Gasteiger partial charge in [-0.3, -0.25) is 9.78 Å². The zero-order valence-electron chi connectivity index (χ0n) is 16.6. The lowest BCUT2D eigenvalue weighted by Crippen LogP contribution is -2.16. The van der Waals surface area contributed by atoms with Crippen LogP contribution in [0.5, 0.6) is 11.5 Å². The molecule has 4 rings (SSSR count). The van der Waals surface area contributed by atoms with Crippen molar-refractivity contribution in [2.75, 3.05) is 20.0 Å². The smallest absolute Gasteiger partial charge is 0.171 e. The van der Waals surface area contributed by atoms with Gasteiger partial charge in [0.15, 0.2) is 23.1 Å². The fraction of sp³-hybridized carbons (Fsp3) is 0.400. The Bertz CT molecular complexity index is 1030. The van der Waals surface area contributed by atoms with Crippen LogP contribution in [0, 0.1) is 11.6 Å². The number of hydrogen-bond acceptors (Lipinski definition) is 5. The summed E-state index contributed by atoms with van der Waals surface area (Å²) < 4.78 is 41.8. The molecule has 1 unspecified atom stereocenters. The van der Waals surface area contributed by atoms with Crippen LogP contribution in [0.15, 0.2) is 12.3 Å². The third-order valence-electron chi connectivity index (χ3n) is 5.55. The van der Waals surface area contributed by atoms with E-state index in [1.54, 1.807) is 10.9 Å². The van der Waals surface area contributed by atoms with E-state index in [0.717, 1.165) is 22.6 Å². The van der Waals surface area contributed by atoms with Gasteiger partial charge >= 0.3 is 0 Å². The van der Waals surface area contributed by atoms with Gasteiger partial charge in [-0.2, -0.15) is 10.2 Å². The second-order valence-electron chi connectivity index (χ2n) is 7.06. The molecule has 154 valence electrons. The fourth-order valence-electron chi connectivity index (χ4n) is 4.11. The highest BCUT2D eigenvalue weighted by atomic mass is 19.1. The number of methoxy groups -OCH3 is 2. The summed E-state index contributed by atoms with van der Waals surface area (Å²) in [6.45, 7) is 2.64. The Hall–Kier alpha value is -3.10. The lowest BCUT2D eigenvalue weighted by atomic mass is 9.81. The number of aromatic amines is 1. The minimum absolute atomic E-state index is 0.0129. The quantitative estimate of drug-likeness (QED) is 0.681. The summed E-state index contributed by atoms with van der Waals surface area (Å²) in [5, 5.41) is 11.8. The second-order valence-corrected chi connectivity index (χ2v) is 7.06. The maximum atomic E-state index is 14.9. The number of nitrogen functional groups attached to an aromatic ring is 1. The summed E-state index contributed by atoms with van der Waals surface area (Å²) in [6.07, 6.45) is 3.20. The number of H-pyrrole nitrogens is 1. The normalized spacial score (nSPS) is 16.0. The average Bonchev–Trinajstić information content (AvgIpc) is 3.30. The summed E-state index contributed by atoms with van der Waals surface area (Å²) in [7, 11) is 2.70. The topological polar surface area (TPSA) is 91.0 Å². The number of hydrogen-bond donors (Lipinski definition) is 2. The number of nitrogens with two attached hydrogens (primary N) is 1.